The van der Waals surface area contributed by atoms with E-state index in [1.165, 1.54) is 0 Å². The number of benzene rings is 1. The van der Waals surface area contributed by atoms with E-state index in [4.69, 9.17) is 0 Å². The van der Waals surface area contributed by atoms with Crippen molar-refractivity contribution in [1.82, 2.24) is 9.55 Å². The molecular weight excluding hydrogens is 214 g/mol. The molecule has 1 heterocycles. The third-order valence-electron chi connectivity index (χ3n) is 2.56. The van der Waals surface area contributed by atoms with Gasteiger partial charge in [-0.3, -0.25) is 0 Å². The Balaban J connectivity index is 2.08. The Hall–Kier alpha value is -2.10. The molecule has 0 spiro atoms. The highest BCUT2D eigenvalue weighted by atomic mass is 16.1. The highest BCUT2D eigenvalue weighted by Gasteiger charge is 1.99. The van der Waals surface area contributed by atoms with Gasteiger partial charge in [0.1, 0.15) is 12.1 Å². The minimum atomic E-state index is 0.530. The van der Waals surface area contributed by atoms with Crippen LogP contribution in [-0.2, 0) is 4.79 Å². The predicted molar refractivity (Wildman–Crippen MR) is 67.5 cm³/mol. The van der Waals surface area contributed by atoms with Crippen LogP contribution < -0.4 is 5.32 Å². The first kappa shape index (κ1) is 11.4. The largest absolute Gasteiger partial charge is 0.385 e. The van der Waals surface area contributed by atoms with Crippen molar-refractivity contribution in [1.29, 1.82) is 0 Å². The Morgan fingerprint density at radius 2 is 2.12 bits per heavy atom. The molecule has 0 unspecified atom stereocenters. The molecule has 2 aromatic rings. The van der Waals surface area contributed by atoms with Crippen molar-refractivity contribution in [2.75, 3.05) is 11.9 Å². The van der Waals surface area contributed by atoms with Gasteiger partial charge in [0.2, 0.25) is 0 Å². The monoisotopic (exact) mass is 229 g/mol. The van der Waals surface area contributed by atoms with Crippen LogP contribution in [0.1, 0.15) is 12.2 Å². The van der Waals surface area contributed by atoms with Crippen LogP contribution in [0.3, 0.4) is 0 Å². The normalized spacial score (nSPS) is 10.2. The number of aldehydes is 1. The zero-order chi connectivity index (χ0) is 12.1. The number of rotatable bonds is 5. The molecule has 1 N–H and O–H groups in total. The van der Waals surface area contributed by atoms with E-state index < -0.39 is 0 Å². The van der Waals surface area contributed by atoms with Crippen LogP contribution in [0.25, 0.3) is 5.69 Å². The second-order valence-corrected chi connectivity index (χ2v) is 3.77. The molecule has 0 bridgehead atoms. The topological polar surface area (TPSA) is 46.9 Å². The molecule has 0 fully saturated rings. The van der Waals surface area contributed by atoms with Crippen LogP contribution in [0, 0.1) is 6.92 Å². The van der Waals surface area contributed by atoms with Gasteiger partial charge in [-0.1, -0.05) is 0 Å². The highest BCUT2D eigenvalue weighted by molar-refractivity contribution is 5.53. The standard InChI is InChI=1S/C13H15N3O/c1-11-14-8-9-16(11)13-5-3-12(4-6-13)15-7-2-10-17/h3-6,8-10,15H,2,7H2,1H3. The first-order valence-electron chi connectivity index (χ1n) is 5.59. The van der Waals surface area contributed by atoms with Crippen LogP contribution >= 0.6 is 0 Å². The van der Waals surface area contributed by atoms with Crippen LogP contribution in [0.5, 0.6) is 0 Å². The lowest BCUT2D eigenvalue weighted by atomic mass is 10.2. The maximum Gasteiger partial charge on any atom is 0.121 e. The number of aromatic nitrogens is 2. The van der Waals surface area contributed by atoms with Gasteiger partial charge in [0.15, 0.2) is 0 Å². The molecule has 0 atom stereocenters. The SMILES string of the molecule is Cc1nccn1-c1ccc(NCCC=O)cc1. The van der Waals surface area contributed by atoms with E-state index in [0.29, 0.717) is 13.0 Å². The Kier molecular flexibility index (Phi) is 3.55. The number of carbonyl (C=O) groups is 1. The Bertz CT molecular complexity index is 488. The van der Waals surface area contributed by atoms with Gasteiger partial charge in [0, 0.05) is 36.7 Å². The first-order chi connectivity index (χ1) is 8.31. The maximum atomic E-state index is 10.2. The molecule has 17 heavy (non-hydrogen) atoms. The first-order valence-corrected chi connectivity index (χ1v) is 5.59. The summed E-state index contributed by atoms with van der Waals surface area (Å²) in [6.07, 6.45) is 5.16. The summed E-state index contributed by atoms with van der Waals surface area (Å²) >= 11 is 0. The van der Waals surface area contributed by atoms with E-state index in [0.717, 1.165) is 23.5 Å². The molecule has 2 rings (SSSR count). The lowest BCUT2D eigenvalue weighted by molar-refractivity contribution is -0.107. The average Bonchev–Trinajstić information content (AvgIpc) is 2.77. The van der Waals surface area contributed by atoms with Crippen molar-refractivity contribution in [2.24, 2.45) is 0 Å². The van der Waals surface area contributed by atoms with Crippen molar-refractivity contribution in [3.05, 3.63) is 42.5 Å². The predicted octanol–water partition coefficient (Wildman–Crippen LogP) is 2.18. The molecule has 0 saturated heterocycles. The molecule has 0 aliphatic rings. The molecule has 4 heteroatoms. The van der Waals surface area contributed by atoms with E-state index in [1.807, 2.05) is 42.0 Å². The summed E-state index contributed by atoms with van der Waals surface area (Å²) < 4.78 is 2.02. The van der Waals surface area contributed by atoms with Gasteiger partial charge in [-0.25, -0.2) is 4.98 Å². The molecule has 0 radical (unpaired) electrons. The molecule has 1 aromatic carbocycles. The summed E-state index contributed by atoms with van der Waals surface area (Å²) in [4.78, 5) is 14.4. The molecule has 0 aliphatic carbocycles. The zero-order valence-corrected chi connectivity index (χ0v) is 9.76. The highest BCUT2D eigenvalue weighted by Crippen LogP contribution is 2.14. The number of aryl methyl sites for hydroxylation is 1. The summed E-state index contributed by atoms with van der Waals surface area (Å²) in [5.41, 5.74) is 2.11. The molecule has 0 amide bonds. The fourth-order valence-electron chi connectivity index (χ4n) is 1.67. The summed E-state index contributed by atoms with van der Waals surface area (Å²) in [6.45, 7) is 2.64. The van der Waals surface area contributed by atoms with Crippen molar-refractivity contribution < 1.29 is 4.79 Å². The quantitative estimate of drug-likeness (QED) is 0.631. The minimum Gasteiger partial charge on any atom is -0.385 e. The smallest absolute Gasteiger partial charge is 0.121 e. The van der Waals surface area contributed by atoms with E-state index in [9.17, 15) is 4.79 Å². The molecular formula is C13H15N3O. The van der Waals surface area contributed by atoms with E-state index in [1.54, 1.807) is 6.20 Å². The van der Waals surface area contributed by atoms with E-state index in [2.05, 4.69) is 10.3 Å². The number of carbonyl (C=O) groups excluding carboxylic acids is 1. The third kappa shape index (κ3) is 2.72. The lowest BCUT2D eigenvalue weighted by Crippen LogP contribution is -2.02. The fourth-order valence-corrected chi connectivity index (χ4v) is 1.67. The fraction of sp³-hybridized carbons (Fsp3) is 0.231. The molecule has 4 nitrogen and oxygen atoms in total. The molecule has 0 aliphatic heterocycles. The number of nitrogens with zero attached hydrogens (tertiary/aromatic N) is 2. The third-order valence-corrected chi connectivity index (χ3v) is 2.56. The number of nitrogens with one attached hydrogen (secondary N) is 1. The van der Waals surface area contributed by atoms with Gasteiger partial charge >= 0.3 is 0 Å². The second kappa shape index (κ2) is 5.30. The minimum absolute atomic E-state index is 0.530. The number of imidazole rings is 1. The van der Waals surface area contributed by atoms with Crippen molar-refractivity contribution in [3.63, 3.8) is 0 Å². The van der Waals surface area contributed by atoms with Crippen molar-refractivity contribution >= 4 is 12.0 Å². The molecule has 88 valence electrons. The summed E-state index contributed by atoms with van der Waals surface area (Å²) in [5, 5.41) is 3.18. The summed E-state index contributed by atoms with van der Waals surface area (Å²) in [5.74, 6) is 0.965. The summed E-state index contributed by atoms with van der Waals surface area (Å²) in [6, 6.07) is 8.05. The van der Waals surface area contributed by atoms with Crippen LogP contribution in [-0.4, -0.2) is 22.4 Å². The van der Waals surface area contributed by atoms with Crippen LogP contribution in [0.15, 0.2) is 36.7 Å². The number of hydrogen-bond acceptors (Lipinski definition) is 3. The van der Waals surface area contributed by atoms with Crippen LogP contribution in [0.4, 0.5) is 5.69 Å². The maximum absolute atomic E-state index is 10.2. The van der Waals surface area contributed by atoms with Gasteiger partial charge in [0.25, 0.3) is 0 Å². The average molecular weight is 229 g/mol. The lowest BCUT2D eigenvalue weighted by Gasteiger charge is -2.07. The van der Waals surface area contributed by atoms with E-state index in [-0.39, 0.29) is 0 Å². The summed E-state index contributed by atoms with van der Waals surface area (Å²) in [7, 11) is 0. The number of anilines is 1. The van der Waals surface area contributed by atoms with E-state index >= 15 is 0 Å². The van der Waals surface area contributed by atoms with Gasteiger partial charge in [-0.05, 0) is 31.2 Å². The van der Waals surface area contributed by atoms with Gasteiger partial charge < -0.3 is 14.7 Å². The second-order valence-electron chi connectivity index (χ2n) is 3.77. The van der Waals surface area contributed by atoms with Gasteiger partial charge in [-0.15, -0.1) is 0 Å². The molecule has 0 saturated carbocycles. The van der Waals surface area contributed by atoms with Crippen molar-refractivity contribution in [3.8, 4) is 5.69 Å². The zero-order valence-electron chi connectivity index (χ0n) is 9.76. The Morgan fingerprint density at radius 3 is 2.71 bits per heavy atom. The van der Waals surface area contributed by atoms with Crippen molar-refractivity contribution in [2.45, 2.75) is 13.3 Å². The Labute approximate surface area is 100 Å². The van der Waals surface area contributed by atoms with Gasteiger partial charge in [-0.2, -0.15) is 0 Å². The molecule has 1 aromatic heterocycles. The van der Waals surface area contributed by atoms with Gasteiger partial charge in [0.05, 0.1) is 0 Å². The Morgan fingerprint density at radius 1 is 1.35 bits per heavy atom. The number of hydrogen-bond donors (Lipinski definition) is 1. The van der Waals surface area contributed by atoms with Crippen LogP contribution in [0.2, 0.25) is 0 Å².